The molecule has 0 aliphatic carbocycles. The summed E-state index contributed by atoms with van der Waals surface area (Å²) in [4.78, 5) is 1.59. The first-order chi connectivity index (χ1) is 12.1. The van der Waals surface area contributed by atoms with Crippen LogP contribution in [0.1, 0.15) is 11.5 Å². The van der Waals surface area contributed by atoms with E-state index in [-0.39, 0.29) is 10.9 Å². The number of hydrogen-bond acceptors (Lipinski definition) is 6. The second kappa shape index (κ2) is 9.05. The normalized spacial score (nSPS) is 20.7. The van der Waals surface area contributed by atoms with Gasteiger partial charge in [-0.2, -0.15) is 10.5 Å². The van der Waals surface area contributed by atoms with Crippen LogP contribution >= 0.6 is 0 Å². The largest absolute Gasteiger partial charge is 0.761 e. The smallest absolute Gasteiger partial charge is 0.114 e. The van der Waals surface area contributed by atoms with Gasteiger partial charge in [0.15, 0.2) is 0 Å². The molecule has 3 rings (SSSR count). The molecule has 2 heterocycles. The molecule has 0 bridgehead atoms. The third kappa shape index (κ3) is 4.71. The van der Waals surface area contributed by atoms with E-state index in [9.17, 15) is 10.5 Å². The predicted octanol–water partition coefficient (Wildman–Crippen LogP) is -0.119. The van der Waals surface area contributed by atoms with Crippen molar-refractivity contribution in [1.82, 2.24) is 5.32 Å². The van der Waals surface area contributed by atoms with Crippen molar-refractivity contribution >= 4 is 12.6 Å². The maximum atomic E-state index is 9.21. The molecular formula is C18H21N5OS. The number of likely N-dealkylation sites (N-methyl/N-ethyl adjacent to an activating group) is 1. The number of ether oxygens (including phenoxy) is 1. The van der Waals surface area contributed by atoms with E-state index in [1.54, 1.807) is 4.90 Å². The maximum absolute atomic E-state index is 9.21. The highest BCUT2D eigenvalue weighted by Gasteiger charge is 2.27. The van der Waals surface area contributed by atoms with Crippen LogP contribution in [0.15, 0.2) is 52.3 Å². The molecule has 1 aromatic carbocycles. The Balaban J connectivity index is 0.000000269. The van der Waals surface area contributed by atoms with Crippen LogP contribution in [0.25, 0.3) is 0 Å². The van der Waals surface area contributed by atoms with Crippen LogP contribution in [0.4, 0.5) is 0 Å². The zero-order valence-electron chi connectivity index (χ0n) is 14.1. The number of nitriles is 2. The summed E-state index contributed by atoms with van der Waals surface area (Å²) in [5.74, 6) is -0.259. The fourth-order valence-electron chi connectivity index (χ4n) is 2.63. The Morgan fingerprint density at radius 2 is 1.76 bits per heavy atom. The topological polar surface area (TPSA) is 99.3 Å². The second-order valence-electron chi connectivity index (χ2n) is 5.83. The summed E-state index contributed by atoms with van der Waals surface area (Å²) in [5, 5.41) is 21.4. The van der Waals surface area contributed by atoms with Gasteiger partial charge in [0.25, 0.3) is 0 Å². The quantitative estimate of drug-likeness (QED) is 0.608. The van der Waals surface area contributed by atoms with Gasteiger partial charge in [0.05, 0.1) is 43.9 Å². The number of nitrogens with one attached hydrogen (secondary N) is 2. The summed E-state index contributed by atoms with van der Waals surface area (Å²) >= 11 is 5.09. The minimum Gasteiger partial charge on any atom is -0.761 e. The number of quaternary nitrogens is 1. The van der Waals surface area contributed by atoms with Crippen LogP contribution in [0.5, 0.6) is 0 Å². The Morgan fingerprint density at radius 3 is 2.24 bits per heavy atom. The van der Waals surface area contributed by atoms with Gasteiger partial charge in [-0.05, 0) is 5.56 Å². The van der Waals surface area contributed by atoms with Gasteiger partial charge < -0.3 is 33.3 Å². The molecule has 1 atom stereocenters. The van der Waals surface area contributed by atoms with Crippen molar-refractivity contribution in [2.24, 2.45) is 5.73 Å². The van der Waals surface area contributed by atoms with Gasteiger partial charge in [-0.15, -0.1) is 0 Å². The number of benzene rings is 1. The first kappa shape index (κ1) is 18.8. The lowest BCUT2D eigenvalue weighted by atomic mass is 9.84. The number of allylic oxidation sites excluding steroid dienone is 2. The van der Waals surface area contributed by atoms with Crippen molar-refractivity contribution in [2.75, 3.05) is 33.4 Å². The van der Waals surface area contributed by atoms with Gasteiger partial charge >= 0.3 is 0 Å². The minimum atomic E-state index is -0.477. The van der Waals surface area contributed by atoms with E-state index in [1.165, 1.54) is 13.1 Å². The van der Waals surface area contributed by atoms with Gasteiger partial charge in [0.2, 0.25) is 0 Å². The van der Waals surface area contributed by atoms with E-state index in [1.807, 2.05) is 36.4 Å². The van der Waals surface area contributed by atoms with Crippen molar-refractivity contribution in [1.29, 1.82) is 10.5 Å². The van der Waals surface area contributed by atoms with Crippen LogP contribution in [0.2, 0.25) is 0 Å². The molecule has 0 amide bonds. The van der Waals surface area contributed by atoms with Crippen molar-refractivity contribution in [3.63, 3.8) is 0 Å². The summed E-state index contributed by atoms with van der Waals surface area (Å²) < 4.78 is 5.12. The predicted molar refractivity (Wildman–Crippen MR) is 96.6 cm³/mol. The Hall–Kier alpha value is -2.58. The van der Waals surface area contributed by atoms with Crippen LogP contribution in [0.3, 0.4) is 0 Å². The number of morpholine rings is 1. The molecule has 25 heavy (non-hydrogen) atoms. The molecule has 2 aliphatic rings. The molecule has 1 fully saturated rings. The molecule has 6 nitrogen and oxygen atoms in total. The van der Waals surface area contributed by atoms with Gasteiger partial charge in [-0.3, -0.25) is 0 Å². The molecule has 7 heteroatoms. The van der Waals surface area contributed by atoms with Crippen LogP contribution < -0.4 is 16.0 Å². The molecule has 0 saturated carbocycles. The SMILES string of the molecule is C[NH+]1CCOCC1.N#CC1=C(N)NC([S-])=C(C#N)C1c1ccccc1. The molecule has 4 N–H and O–H groups in total. The van der Waals surface area contributed by atoms with Crippen molar-refractivity contribution in [2.45, 2.75) is 5.92 Å². The lowest BCUT2D eigenvalue weighted by molar-refractivity contribution is -0.888. The van der Waals surface area contributed by atoms with Crippen molar-refractivity contribution in [3.8, 4) is 12.1 Å². The fraction of sp³-hybridized carbons (Fsp3) is 0.333. The minimum absolute atomic E-state index is 0.218. The van der Waals surface area contributed by atoms with Gasteiger partial charge in [-0.1, -0.05) is 35.4 Å². The molecule has 1 unspecified atom stereocenters. The van der Waals surface area contributed by atoms with E-state index < -0.39 is 5.92 Å². The van der Waals surface area contributed by atoms with Crippen molar-refractivity contribution in [3.05, 3.63) is 57.9 Å². The number of nitrogens with zero attached hydrogens (tertiary/aromatic N) is 2. The molecular weight excluding hydrogens is 334 g/mol. The summed E-state index contributed by atoms with van der Waals surface area (Å²) in [6.07, 6.45) is 0. The zero-order chi connectivity index (χ0) is 18.2. The van der Waals surface area contributed by atoms with Crippen LogP contribution in [-0.2, 0) is 17.4 Å². The monoisotopic (exact) mass is 355 g/mol. The van der Waals surface area contributed by atoms with Crippen LogP contribution in [0, 0.1) is 22.7 Å². The Bertz CT molecular complexity index is 703. The molecule has 1 saturated heterocycles. The van der Waals surface area contributed by atoms with Gasteiger partial charge in [-0.25, -0.2) is 0 Å². The highest BCUT2D eigenvalue weighted by atomic mass is 32.1. The summed E-state index contributed by atoms with van der Waals surface area (Å²) in [6, 6.07) is 13.4. The lowest BCUT2D eigenvalue weighted by Gasteiger charge is -2.30. The number of hydrogen-bond donors (Lipinski definition) is 3. The van der Waals surface area contributed by atoms with Gasteiger partial charge in [0, 0.05) is 5.57 Å². The lowest BCUT2D eigenvalue weighted by Crippen LogP contribution is -3.11. The summed E-state index contributed by atoms with van der Waals surface area (Å²) in [7, 11) is 2.20. The van der Waals surface area contributed by atoms with E-state index >= 15 is 0 Å². The third-order valence-corrected chi connectivity index (χ3v) is 4.40. The van der Waals surface area contributed by atoms with E-state index in [4.69, 9.17) is 23.1 Å². The highest BCUT2D eigenvalue weighted by molar-refractivity contribution is 7.63. The van der Waals surface area contributed by atoms with Crippen LogP contribution in [-0.4, -0.2) is 33.4 Å². The standard InChI is InChI=1S/C13H10N4S.C5H11NO/c14-6-9-11(8-4-2-1-3-5-8)10(7-15)13(18)17-12(9)16;1-6-2-4-7-5-3-6/h1-5,11,17-18H,16H2;2-5H2,1H3. The van der Waals surface area contributed by atoms with E-state index in [0.717, 1.165) is 18.8 Å². The first-order valence-corrected chi connectivity index (χ1v) is 8.41. The molecule has 1 aromatic rings. The Morgan fingerprint density at radius 1 is 1.16 bits per heavy atom. The van der Waals surface area contributed by atoms with Crippen molar-refractivity contribution < 1.29 is 9.64 Å². The summed E-state index contributed by atoms with van der Waals surface area (Å²) in [5.41, 5.74) is 7.27. The Labute approximate surface area is 153 Å². The number of nitrogens with two attached hydrogens (primary N) is 1. The average Bonchev–Trinajstić information content (AvgIpc) is 2.63. The molecule has 0 radical (unpaired) electrons. The molecule has 0 spiro atoms. The molecule has 0 aromatic heterocycles. The van der Waals surface area contributed by atoms with E-state index in [0.29, 0.717) is 11.1 Å². The van der Waals surface area contributed by atoms with Gasteiger partial charge in [0.1, 0.15) is 18.9 Å². The highest BCUT2D eigenvalue weighted by Crippen LogP contribution is 2.35. The third-order valence-electron chi connectivity index (χ3n) is 4.08. The zero-order valence-corrected chi connectivity index (χ0v) is 14.9. The summed E-state index contributed by atoms with van der Waals surface area (Å²) in [6.45, 7) is 4.26. The average molecular weight is 355 g/mol. The Kier molecular flexibility index (Phi) is 6.79. The number of rotatable bonds is 1. The first-order valence-electron chi connectivity index (χ1n) is 8.00. The molecule has 2 aliphatic heterocycles. The molecule has 130 valence electrons. The fourth-order valence-corrected chi connectivity index (χ4v) is 2.90. The number of dihydropyridines is 1. The van der Waals surface area contributed by atoms with E-state index in [2.05, 4.69) is 18.4 Å². The maximum Gasteiger partial charge on any atom is 0.114 e. The second-order valence-corrected chi connectivity index (χ2v) is 6.24.